The molecule has 0 aliphatic heterocycles. The Morgan fingerprint density at radius 2 is 2.10 bits per heavy atom. The predicted molar refractivity (Wildman–Crippen MR) is 35.5 cm³/mol. The van der Waals surface area contributed by atoms with Gasteiger partial charge in [0.05, 0.1) is 6.42 Å². The average molecular weight is 145 g/mol. The smallest absolute Gasteiger partial charge is 0.305 e. The number of aliphatic carboxylic acids is 1. The second kappa shape index (κ2) is 3.87. The Balaban J connectivity index is 3.53. The normalized spacial score (nSPS) is 12.2. The van der Waals surface area contributed by atoms with E-state index in [2.05, 4.69) is 5.32 Å². The first-order valence-corrected chi connectivity index (χ1v) is 3.01. The van der Waals surface area contributed by atoms with Gasteiger partial charge in [0.1, 0.15) is 0 Å². The summed E-state index contributed by atoms with van der Waals surface area (Å²) in [5, 5.41) is 10.7. The van der Waals surface area contributed by atoms with Gasteiger partial charge < -0.3 is 10.4 Å². The maximum atomic E-state index is 10.3. The van der Waals surface area contributed by atoms with Crippen molar-refractivity contribution in [1.29, 1.82) is 0 Å². The minimum atomic E-state index is -0.902. The second-order valence-electron chi connectivity index (χ2n) is 2.20. The predicted octanol–water partition coefficient (Wildman–Crippen LogP) is -0.0143. The molecule has 0 aromatic carbocycles. The molecule has 4 nitrogen and oxygen atoms in total. The van der Waals surface area contributed by atoms with Gasteiger partial charge in [0.15, 0.2) is 0 Å². The zero-order valence-corrected chi connectivity index (χ0v) is 6.05. The van der Waals surface area contributed by atoms with Crippen molar-refractivity contribution in [3.8, 4) is 0 Å². The topological polar surface area (TPSA) is 66.4 Å². The van der Waals surface area contributed by atoms with Crippen LogP contribution in [0.15, 0.2) is 0 Å². The van der Waals surface area contributed by atoms with E-state index in [-0.39, 0.29) is 18.4 Å². The highest BCUT2D eigenvalue weighted by atomic mass is 16.4. The fourth-order valence-electron chi connectivity index (χ4n) is 0.660. The van der Waals surface area contributed by atoms with Crippen molar-refractivity contribution >= 4 is 11.9 Å². The summed E-state index contributed by atoms with van der Waals surface area (Å²) in [6.45, 7) is 3.01. The van der Waals surface area contributed by atoms with Crippen LogP contribution in [-0.2, 0) is 9.59 Å². The molecule has 1 unspecified atom stereocenters. The van der Waals surface area contributed by atoms with Crippen molar-refractivity contribution in [2.24, 2.45) is 0 Å². The van der Waals surface area contributed by atoms with Crippen LogP contribution in [-0.4, -0.2) is 23.0 Å². The van der Waals surface area contributed by atoms with Gasteiger partial charge in [0, 0.05) is 13.0 Å². The molecule has 58 valence electrons. The third-order valence-electron chi connectivity index (χ3n) is 0.930. The number of nitrogens with one attached hydrogen (secondary N) is 1. The summed E-state index contributed by atoms with van der Waals surface area (Å²) in [5.41, 5.74) is 0. The first-order chi connectivity index (χ1) is 4.52. The Bertz CT molecular complexity index is 128. The summed E-state index contributed by atoms with van der Waals surface area (Å²) in [6.07, 6.45) is -0.0282. The first-order valence-electron chi connectivity index (χ1n) is 3.01. The minimum absolute atomic E-state index is 0.0282. The SMILES string of the molecule is CC(=O)NC(C)CC(=O)O. The van der Waals surface area contributed by atoms with Gasteiger partial charge in [-0.05, 0) is 6.92 Å². The molecular formula is C6H11NO3. The summed E-state index contributed by atoms with van der Waals surface area (Å²) >= 11 is 0. The molecule has 0 saturated heterocycles. The fourth-order valence-corrected chi connectivity index (χ4v) is 0.660. The molecule has 0 heterocycles. The lowest BCUT2D eigenvalue weighted by Crippen LogP contribution is -2.32. The van der Waals surface area contributed by atoms with Crippen molar-refractivity contribution in [2.45, 2.75) is 26.3 Å². The molecule has 4 heteroatoms. The molecule has 0 rings (SSSR count). The quantitative estimate of drug-likeness (QED) is 0.586. The number of carboxylic acids is 1. The van der Waals surface area contributed by atoms with Crippen LogP contribution in [0.5, 0.6) is 0 Å². The Morgan fingerprint density at radius 1 is 1.60 bits per heavy atom. The molecule has 0 fully saturated rings. The molecule has 0 saturated carbocycles. The van der Waals surface area contributed by atoms with E-state index in [0.29, 0.717) is 0 Å². The van der Waals surface area contributed by atoms with E-state index in [4.69, 9.17) is 5.11 Å². The molecule has 1 atom stereocenters. The van der Waals surface area contributed by atoms with Crippen LogP contribution >= 0.6 is 0 Å². The van der Waals surface area contributed by atoms with Crippen molar-refractivity contribution in [3.05, 3.63) is 0 Å². The molecule has 0 spiro atoms. The van der Waals surface area contributed by atoms with E-state index in [0.717, 1.165) is 0 Å². The number of hydrogen-bond acceptors (Lipinski definition) is 2. The molecule has 0 aliphatic rings. The highest BCUT2D eigenvalue weighted by Crippen LogP contribution is 1.88. The number of hydrogen-bond donors (Lipinski definition) is 2. The zero-order chi connectivity index (χ0) is 8.15. The van der Waals surface area contributed by atoms with Gasteiger partial charge in [-0.1, -0.05) is 0 Å². The van der Waals surface area contributed by atoms with E-state index in [1.807, 2.05) is 0 Å². The number of carbonyl (C=O) groups excluding carboxylic acids is 1. The Morgan fingerprint density at radius 3 is 2.40 bits per heavy atom. The number of amides is 1. The van der Waals surface area contributed by atoms with E-state index in [1.54, 1.807) is 6.92 Å². The lowest BCUT2D eigenvalue weighted by molar-refractivity contribution is -0.137. The average Bonchev–Trinajstić information content (AvgIpc) is 1.58. The minimum Gasteiger partial charge on any atom is -0.481 e. The van der Waals surface area contributed by atoms with Gasteiger partial charge in [-0.25, -0.2) is 0 Å². The van der Waals surface area contributed by atoms with Crippen molar-refractivity contribution in [2.75, 3.05) is 0 Å². The Hall–Kier alpha value is -1.06. The Labute approximate surface area is 59.2 Å². The molecule has 0 bridgehead atoms. The first kappa shape index (κ1) is 8.94. The van der Waals surface area contributed by atoms with Gasteiger partial charge in [-0.2, -0.15) is 0 Å². The third kappa shape index (κ3) is 5.08. The lowest BCUT2D eigenvalue weighted by Gasteiger charge is -2.07. The molecule has 10 heavy (non-hydrogen) atoms. The van der Waals surface area contributed by atoms with Gasteiger partial charge in [0.2, 0.25) is 5.91 Å². The summed E-state index contributed by atoms with van der Waals surface area (Å²) in [7, 11) is 0. The molecule has 0 aliphatic carbocycles. The van der Waals surface area contributed by atoms with Crippen LogP contribution in [0.2, 0.25) is 0 Å². The lowest BCUT2D eigenvalue weighted by atomic mass is 10.2. The van der Waals surface area contributed by atoms with Gasteiger partial charge >= 0.3 is 5.97 Å². The summed E-state index contributed by atoms with van der Waals surface area (Å²) < 4.78 is 0. The van der Waals surface area contributed by atoms with Crippen molar-refractivity contribution in [3.63, 3.8) is 0 Å². The maximum Gasteiger partial charge on any atom is 0.305 e. The number of carboxylic acid groups (broad SMARTS) is 1. The summed E-state index contributed by atoms with van der Waals surface area (Å²) in [6, 6.07) is -0.282. The molecule has 2 N–H and O–H groups in total. The maximum absolute atomic E-state index is 10.3. The van der Waals surface area contributed by atoms with Crippen LogP contribution in [0, 0.1) is 0 Å². The molecule has 0 aromatic rings. The van der Waals surface area contributed by atoms with Gasteiger partial charge in [-0.15, -0.1) is 0 Å². The fraction of sp³-hybridized carbons (Fsp3) is 0.667. The second-order valence-corrected chi connectivity index (χ2v) is 2.20. The van der Waals surface area contributed by atoms with Crippen LogP contribution < -0.4 is 5.32 Å². The van der Waals surface area contributed by atoms with E-state index < -0.39 is 5.97 Å². The Kier molecular flexibility index (Phi) is 3.46. The van der Waals surface area contributed by atoms with Crippen molar-refractivity contribution < 1.29 is 14.7 Å². The highest BCUT2D eigenvalue weighted by Gasteiger charge is 2.06. The summed E-state index contributed by atoms with van der Waals surface area (Å²) in [5.74, 6) is -1.10. The number of carbonyl (C=O) groups is 2. The third-order valence-corrected chi connectivity index (χ3v) is 0.930. The molecule has 0 aromatic heterocycles. The van der Waals surface area contributed by atoms with Gasteiger partial charge in [-0.3, -0.25) is 9.59 Å². The summed E-state index contributed by atoms with van der Waals surface area (Å²) in [4.78, 5) is 20.4. The van der Waals surface area contributed by atoms with Crippen LogP contribution in [0.3, 0.4) is 0 Å². The van der Waals surface area contributed by atoms with Crippen LogP contribution in [0.1, 0.15) is 20.3 Å². The van der Waals surface area contributed by atoms with Crippen LogP contribution in [0.25, 0.3) is 0 Å². The zero-order valence-electron chi connectivity index (χ0n) is 6.05. The molecule has 1 amide bonds. The monoisotopic (exact) mass is 145 g/mol. The standard InChI is InChI=1S/C6H11NO3/c1-4(3-6(9)10)7-5(2)8/h4H,3H2,1-2H3,(H,7,8)(H,9,10). The van der Waals surface area contributed by atoms with Gasteiger partial charge in [0.25, 0.3) is 0 Å². The van der Waals surface area contributed by atoms with Crippen molar-refractivity contribution in [1.82, 2.24) is 5.32 Å². The molecule has 0 radical (unpaired) electrons. The van der Waals surface area contributed by atoms with E-state index in [1.165, 1.54) is 6.92 Å². The van der Waals surface area contributed by atoms with E-state index in [9.17, 15) is 9.59 Å². The number of rotatable bonds is 3. The van der Waals surface area contributed by atoms with Crippen LogP contribution in [0.4, 0.5) is 0 Å². The largest absolute Gasteiger partial charge is 0.481 e. The molecular weight excluding hydrogens is 134 g/mol. The highest BCUT2D eigenvalue weighted by molar-refractivity contribution is 5.74. The van der Waals surface area contributed by atoms with E-state index >= 15 is 0 Å².